The van der Waals surface area contributed by atoms with E-state index in [0.29, 0.717) is 32.3 Å². The molecule has 1 aromatic rings. The van der Waals surface area contributed by atoms with Crippen LogP contribution in [0.3, 0.4) is 0 Å². The Hall–Kier alpha value is -1.28. The molecule has 1 aromatic heterocycles. The Labute approximate surface area is 240 Å². The fraction of sp³-hybridized carbons (Fsp3) is 0.875. The summed E-state index contributed by atoms with van der Waals surface area (Å²) in [4.78, 5) is 0. The van der Waals surface area contributed by atoms with Gasteiger partial charge in [-0.2, -0.15) is 5.10 Å². The molecule has 1 heterocycles. The van der Waals surface area contributed by atoms with Crippen LogP contribution in [-0.4, -0.2) is 88.1 Å². The van der Waals surface area contributed by atoms with Crippen molar-refractivity contribution in [2.24, 2.45) is 0 Å². The van der Waals surface area contributed by atoms with E-state index < -0.39 is 0 Å². The first-order chi connectivity index (χ1) is 19.0. The largest absolute Gasteiger partial charge is 0.468 e. The number of aromatic nitrogens is 2. The first-order valence-electron chi connectivity index (χ1n) is 16.0. The van der Waals surface area contributed by atoms with Crippen molar-refractivity contribution in [3.05, 3.63) is 18.3 Å². The highest BCUT2D eigenvalue weighted by atomic mass is 16.6. The molecule has 1 unspecified atom stereocenters. The molecule has 0 aliphatic carbocycles. The maximum Gasteiger partial charge on any atom is 0.233 e. The zero-order chi connectivity index (χ0) is 28.3. The Kier molecular flexibility index (Phi) is 23.5. The van der Waals surface area contributed by atoms with E-state index in [1.54, 1.807) is 6.20 Å². The third kappa shape index (κ3) is 25.4. The Morgan fingerprint density at radius 1 is 0.641 bits per heavy atom. The van der Waals surface area contributed by atoms with Gasteiger partial charge in [0.25, 0.3) is 0 Å². The predicted molar refractivity (Wildman–Crippen MR) is 161 cm³/mol. The summed E-state index contributed by atoms with van der Waals surface area (Å²) in [5.74, 6) is 0.497. The van der Waals surface area contributed by atoms with Crippen molar-refractivity contribution in [1.29, 1.82) is 0 Å². The molecular formula is C32H62N3O4+. The highest BCUT2D eigenvalue weighted by molar-refractivity contribution is 5.05. The molecule has 0 radical (unpaired) electrons. The van der Waals surface area contributed by atoms with Crippen molar-refractivity contribution in [3.63, 3.8) is 0 Å². The van der Waals surface area contributed by atoms with E-state index in [4.69, 9.17) is 18.9 Å². The molecule has 0 saturated heterocycles. The number of unbranched alkanes of at least 4 members (excludes halogenated alkanes) is 15. The lowest BCUT2D eigenvalue weighted by atomic mass is 10.0. The minimum absolute atomic E-state index is 0.214. The van der Waals surface area contributed by atoms with Gasteiger partial charge in [-0.15, -0.1) is 5.10 Å². The minimum atomic E-state index is -0.214. The monoisotopic (exact) mass is 552 g/mol. The molecule has 1 rings (SSSR count). The molecule has 0 amide bonds. The van der Waals surface area contributed by atoms with Gasteiger partial charge in [-0.1, -0.05) is 103 Å². The first-order valence-corrected chi connectivity index (χ1v) is 16.0. The molecule has 0 spiro atoms. The van der Waals surface area contributed by atoms with E-state index >= 15 is 0 Å². The lowest BCUT2D eigenvalue weighted by molar-refractivity contribution is -0.870. The van der Waals surface area contributed by atoms with Crippen molar-refractivity contribution in [1.82, 2.24) is 10.2 Å². The standard InChI is InChI=1S/C32H62N3O4/c1-5-6-7-8-9-10-11-12-13-14-15-16-17-18-19-20-25-37-29-31(39-32-22-21-23-33-34-32)30-38-28-27-36-26-24-35(2,3)4/h21-23,31H,5-20,24-30H2,1-4H3/q+1. The number of quaternary nitrogens is 1. The maximum atomic E-state index is 5.95. The SMILES string of the molecule is CCCCCCCCCCCCCCCCCCOCC(COCCOCC[N+](C)(C)C)Oc1cccnn1. The van der Waals surface area contributed by atoms with Gasteiger partial charge >= 0.3 is 0 Å². The summed E-state index contributed by atoms with van der Waals surface area (Å²) in [6.07, 6.45) is 23.4. The summed E-state index contributed by atoms with van der Waals surface area (Å²) in [7, 11) is 6.48. The minimum Gasteiger partial charge on any atom is -0.468 e. The third-order valence-corrected chi connectivity index (χ3v) is 6.86. The molecule has 0 N–H and O–H groups in total. The molecule has 7 nitrogen and oxygen atoms in total. The number of rotatable bonds is 29. The molecule has 1 atom stereocenters. The van der Waals surface area contributed by atoms with E-state index in [1.165, 1.54) is 96.3 Å². The normalized spacial score (nSPS) is 12.6. The van der Waals surface area contributed by atoms with Crippen LogP contribution < -0.4 is 4.74 Å². The second kappa shape index (κ2) is 25.7. The van der Waals surface area contributed by atoms with Crippen LogP contribution in [0.5, 0.6) is 5.88 Å². The van der Waals surface area contributed by atoms with E-state index in [-0.39, 0.29) is 6.10 Å². The summed E-state index contributed by atoms with van der Waals surface area (Å²) in [6, 6.07) is 3.63. The Morgan fingerprint density at radius 2 is 1.15 bits per heavy atom. The van der Waals surface area contributed by atoms with E-state index in [1.807, 2.05) is 12.1 Å². The number of ether oxygens (including phenoxy) is 4. The van der Waals surface area contributed by atoms with Gasteiger partial charge in [0.15, 0.2) is 0 Å². The Bertz CT molecular complexity index is 628. The maximum absolute atomic E-state index is 5.95. The molecule has 7 heteroatoms. The molecule has 39 heavy (non-hydrogen) atoms. The van der Waals surface area contributed by atoms with Gasteiger partial charge < -0.3 is 23.4 Å². The van der Waals surface area contributed by atoms with Crippen LogP contribution in [0.15, 0.2) is 18.3 Å². The highest BCUT2D eigenvalue weighted by Gasteiger charge is 2.13. The highest BCUT2D eigenvalue weighted by Crippen LogP contribution is 2.14. The van der Waals surface area contributed by atoms with Gasteiger partial charge in [0.1, 0.15) is 12.6 Å². The second-order valence-electron chi connectivity index (χ2n) is 11.9. The summed E-state index contributed by atoms with van der Waals surface area (Å²) >= 11 is 0. The van der Waals surface area contributed by atoms with Crippen LogP contribution >= 0.6 is 0 Å². The summed E-state index contributed by atoms with van der Waals surface area (Å²) in [6.45, 7) is 6.80. The van der Waals surface area contributed by atoms with Crippen LogP contribution in [0, 0.1) is 0 Å². The smallest absolute Gasteiger partial charge is 0.233 e. The molecular weight excluding hydrogens is 490 g/mol. The lowest BCUT2D eigenvalue weighted by Gasteiger charge is -2.23. The van der Waals surface area contributed by atoms with Crippen LogP contribution in [0.1, 0.15) is 110 Å². The van der Waals surface area contributed by atoms with Gasteiger partial charge in [0.2, 0.25) is 5.88 Å². The quantitative estimate of drug-likeness (QED) is 0.0771. The number of likely N-dealkylation sites (N-methyl/N-ethyl adjacent to an activating group) is 1. The molecule has 0 aliphatic heterocycles. The van der Waals surface area contributed by atoms with Gasteiger partial charge in [-0.3, -0.25) is 0 Å². The Balaban J connectivity index is 2.00. The fourth-order valence-electron chi connectivity index (χ4n) is 4.38. The topological polar surface area (TPSA) is 62.7 Å². The second-order valence-corrected chi connectivity index (χ2v) is 11.9. The van der Waals surface area contributed by atoms with E-state index in [2.05, 4.69) is 38.3 Å². The molecule has 0 aliphatic rings. The first kappa shape index (κ1) is 35.7. The number of hydrogen-bond acceptors (Lipinski definition) is 6. The van der Waals surface area contributed by atoms with Crippen LogP contribution in [-0.2, 0) is 14.2 Å². The van der Waals surface area contributed by atoms with Crippen molar-refractivity contribution >= 4 is 0 Å². The average Bonchev–Trinajstić information content (AvgIpc) is 2.91. The van der Waals surface area contributed by atoms with Gasteiger partial charge in [-0.25, -0.2) is 0 Å². The Morgan fingerprint density at radius 3 is 1.67 bits per heavy atom. The number of nitrogens with zero attached hydrogens (tertiary/aromatic N) is 3. The molecule has 0 fully saturated rings. The third-order valence-electron chi connectivity index (χ3n) is 6.86. The van der Waals surface area contributed by atoms with Crippen LogP contribution in [0.25, 0.3) is 0 Å². The molecule has 0 saturated carbocycles. The van der Waals surface area contributed by atoms with Gasteiger partial charge in [-0.05, 0) is 12.5 Å². The predicted octanol–water partition coefficient (Wildman–Crippen LogP) is 7.24. The van der Waals surface area contributed by atoms with E-state index in [0.717, 1.165) is 30.7 Å². The molecule has 228 valence electrons. The summed E-state index contributed by atoms with van der Waals surface area (Å²) in [5, 5.41) is 7.92. The van der Waals surface area contributed by atoms with Crippen molar-refractivity contribution in [2.45, 2.75) is 116 Å². The average molecular weight is 553 g/mol. The van der Waals surface area contributed by atoms with Crippen molar-refractivity contribution < 1.29 is 23.4 Å². The lowest BCUT2D eigenvalue weighted by Crippen LogP contribution is -2.37. The van der Waals surface area contributed by atoms with Gasteiger partial charge in [0.05, 0.1) is 54.2 Å². The van der Waals surface area contributed by atoms with Crippen molar-refractivity contribution in [2.75, 3.05) is 67.3 Å². The van der Waals surface area contributed by atoms with E-state index in [9.17, 15) is 0 Å². The van der Waals surface area contributed by atoms with Crippen LogP contribution in [0.4, 0.5) is 0 Å². The molecule has 0 aromatic carbocycles. The number of hydrogen-bond donors (Lipinski definition) is 0. The molecule has 0 bridgehead atoms. The summed E-state index contributed by atoms with van der Waals surface area (Å²) in [5.41, 5.74) is 0. The zero-order valence-corrected chi connectivity index (χ0v) is 26.0. The van der Waals surface area contributed by atoms with Crippen molar-refractivity contribution in [3.8, 4) is 5.88 Å². The fourth-order valence-corrected chi connectivity index (χ4v) is 4.38. The summed E-state index contributed by atoms with van der Waals surface area (Å²) < 4.78 is 24.3. The van der Waals surface area contributed by atoms with Gasteiger partial charge in [0, 0.05) is 18.9 Å². The zero-order valence-electron chi connectivity index (χ0n) is 26.0. The van der Waals surface area contributed by atoms with Crippen LogP contribution in [0.2, 0.25) is 0 Å².